The second-order valence-corrected chi connectivity index (χ2v) is 9.75. The average Bonchev–Trinajstić information content (AvgIpc) is 3.26. The summed E-state index contributed by atoms with van der Waals surface area (Å²) in [6.07, 6.45) is 0.306. The second-order valence-electron chi connectivity index (χ2n) is 7.67. The molecule has 0 unspecified atom stereocenters. The van der Waals surface area contributed by atoms with Crippen LogP contribution in [0.1, 0.15) is 28.5 Å². The van der Waals surface area contributed by atoms with Crippen molar-refractivity contribution >= 4 is 40.5 Å². The van der Waals surface area contributed by atoms with Gasteiger partial charge in [-0.3, -0.25) is 9.59 Å². The van der Waals surface area contributed by atoms with Crippen LogP contribution in [0.5, 0.6) is 0 Å². The van der Waals surface area contributed by atoms with Crippen molar-refractivity contribution < 1.29 is 14.0 Å². The zero-order chi connectivity index (χ0) is 22.5. The number of thioether (sulfide) groups is 1. The molecule has 8 heteroatoms. The van der Waals surface area contributed by atoms with Gasteiger partial charge < -0.3 is 9.80 Å². The molecule has 2 heterocycles. The van der Waals surface area contributed by atoms with E-state index in [4.69, 9.17) is 0 Å². The van der Waals surface area contributed by atoms with Gasteiger partial charge in [0.1, 0.15) is 10.2 Å². The van der Waals surface area contributed by atoms with Crippen molar-refractivity contribution in [2.75, 3.05) is 31.1 Å². The van der Waals surface area contributed by atoms with Crippen LogP contribution in [0.4, 0.5) is 10.1 Å². The fourth-order valence-corrected chi connectivity index (χ4v) is 5.35. The van der Waals surface area contributed by atoms with Gasteiger partial charge in [-0.1, -0.05) is 23.9 Å². The molecule has 0 spiro atoms. The van der Waals surface area contributed by atoms with E-state index in [0.29, 0.717) is 25.1 Å². The highest BCUT2D eigenvalue weighted by Crippen LogP contribution is 2.27. The Hall–Kier alpha value is -2.71. The normalized spacial score (nSPS) is 13.9. The zero-order valence-electron chi connectivity index (χ0n) is 17.8. The standard InChI is InChI=1S/C24H24FN3O2S2/c1-17(29)19-4-8-22(9-5-19)27-10-12-28(13-11-27)23(30)14-21-16-32-24(26-21)31-15-18-2-6-20(25)7-3-18/h2-9,16H,10-15H2,1H3. The van der Waals surface area contributed by atoms with Crippen LogP contribution < -0.4 is 4.90 Å². The Kier molecular flexibility index (Phi) is 7.22. The van der Waals surface area contributed by atoms with E-state index in [1.165, 1.54) is 23.5 Å². The predicted octanol–water partition coefficient (Wildman–Crippen LogP) is 4.67. The first-order valence-corrected chi connectivity index (χ1v) is 12.3. The zero-order valence-corrected chi connectivity index (χ0v) is 19.4. The number of rotatable bonds is 7. The number of hydrogen-bond acceptors (Lipinski definition) is 6. The van der Waals surface area contributed by atoms with Gasteiger partial charge in [0.2, 0.25) is 5.91 Å². The number of ketones is 1. The number of benzene rings is 2. The van der Waals surface area contributed by atoms with E-state index in [1.54, 1.807) is 30.8 Å². The molecule has 1 amide bonds. The Morgan fingerprint density at radius 3 is 2.38 bits per heavy atom. The van der Waals surface area contributed by atoms with Gasteiger partial charge >= 0.3 is 0 Å². The van der Waals surface area contributed by atoms with Gasteiger partial charge in [0, 0.05) is 48.6 Å². The fraction of sp³-hybridized carbons (Fsp3) is 0.292. The lowest BCUT2D eigenvalue weighted by Gasteiger charge is -2.36. The first-order chi connectivity index (χ1) is 15.5. The Bertz CT molecular complexity index is 1080. The number of nitrogens with zero attached hydrogens (tertiary/aromatic N) is 3. The number of piperazine rings is 1. The molecule has 5 nitrogen and oxygen atoms in total. The minimum absolute atomic E-state index is 0.0611. The second kappa shape index (κ2) is 10.3. The van der Waals surface area contributed by atoms with Gasteiger partial charge in [-0.2, -0.15) is 0 Å². The third-order valence-electron chi connectivity index (χ3n) is 5.41. The highest BCUT2D eigenvalue weighted by atomic mass is 32.2. The molecule has 0 aliphatic carbocycles. The van der Waals surface area contributed by atoms with E-state index < -0.39 is 0 Å². The van der Waals surface area contributed by atoms with Gasteiger partial charge in [-0.15, -0.1) is 11.3 Å². The number of halogens is 1. The highest BCUT2D eigenvalue weighted by Gasteiger charge is 2.22. The lowest BCUT2D eigenvalue weighted by molar-refractivity contribution is -0.130. The van der Waals surface area contributed by atoms with Crippen LogP contribution in [0.15, 0.2) is 58.3 Å². The number of carbonyl (C=O) groups is 2. The molecule has 1 saturated heterocycles. The number of amides is 1. The van der Waals surface area contributed by atoms with Crippen LogP contribution in [-0.2, 0) is 17.0 Å². The van der Waals surface area contributed by atoms with Crippen molar-refractivity contribution in [1.82, 2.24) is 9.88 Å². The molecule has 0 radical (unpaired) electrons. The van der Waals surface area contributed by atoms with Gasteiger partial charge in [0.05, 0.1) is 12.1 Å². The Morgan fingerprint density at radius 1 is 1.03 bits per heavy atom. The minimum Gasteiger partial charge on any atom is -0.368 e. The van der Waals surface area contributed by atoms with Gasteiger partial charge in [0.25, 0.3) is 0 Å². The van der Waals surface area contributed by atoms with E-state index in [1.807, 2.05) is 34.5 Å². The summed E-state index contributed by atoms with van der Waals surface area (Å²) < 4.78 is 13.9. The molecular weight excluding hydrogens is 445 g/mol. The number of hydrogen-bond donors (Lipinski definition) is 0. The summed E-state index contributed by atoms with van der Waals surface area (Å²) in [5, 5.41) is 1.94. The van der Waals surface area contributed by atoms with E-state index in [2.05, 4.69) is 9.88 Å². The van der Waals surface area contributed by atoms with Crippen LogP contribution in [0.2, 0.25) is 0 Å². The van der Waals surface area contributed by atoms with Crippen LogP contribution in [0, 0.1) is 5.82 Å². The smallest absolute Gasteiger partial charge is 0.228 e. The average molecular weight is 470 g/mol. The first-order valence-electron chi connectivity index (χ1n) is 10.4. The summed E-state index contributed by atoms with van der Waals surface area (Å²) in [4.78, 5) is 32.9. The number of carbonyl (C=O) groups excluding carboxylic acids is 2. The molecule has 0 saturated carbocycles. The van der Waals surface area contributed by atoms with E-state index >= 15 is 0 Å². The van der Waals surface area contributed by atoms with Crippen LogP contribution in [-0.4, -0.2) is 47.8 Å². The van der Waals surface area contributed by atoms with Gasteiger partial charge in [-0.25, -0.2) is 9.37 Å². The molecule has 1 fully saturated rings. The quantitative estimate of drug-likeness (QED) is 0.372. The van der Waals surface area contributed by atoms with E-state index in [0.717, 1.165) is 40.1 Å². The van der Waals surface area contributed by atoms with Gasteiger partial charge in [-0.05, 0) is 48.9 Å². The molecule has 0 bridgehead atoms. The molecule has 166 valence electrons. The molecule has 1 aliphatic rings. The highest BCUT2D eigenvalue weighted by molar-refractivity contribution is 8.00. The molecule has 1 aromatic heterocycles. The molecule has 32 heavy (non-hydrogen) atoms. The van der Waals surface area contributed by atoms with Crippen molar-refractivity contribution in [2.45, 2.75) is 23.4 Å². The lowest BCUT2D eigenvalue weighted by atomic mass is 10.1. The Labute approximate surface area is 195 Å². The number of Topliss-reactive ketones (excluding diaryl/α,β-unsaturated/α-hetero) is 1. The van der Waals surface area contributed by atoms with E-state index in [9.17, 15) is 14.0 Å². The Balaban J connectivity index is 1.25. The fourth-order valence-electron chi connectivity index (χ4n) is 3.55. The summed E-state index contributed by atoms with van der Waals surface area (Å²) in [6, 6.07) is 14.1. The molecular formula is C24H24FN3O2S2. The van der Waals surface area contributed by atoms with Crippen LogP contribution >= 0.6 is 23.1 Å². The van der Waals surface area contributed by atoms with E-state index in [-0.39, 0.29) is 17.5 Å². The third-order valence-corrected chi connectivity index (χ3v) is 7.55. The topological polar surface area (TPSA) is 53.5 Å². The maximum absolute atomic E-state index is 13.0. The van der Waals surface area contributed by atoms with Crippen LogP contribution in [0.3, 0.4) is 0 Å². The SMILES string of the molecule is CC(=O)c1ccc(N2CCN(C(=O)Cc3csc(SCc4ccc(F)cc4)n3)CC2)cc1. The van der Waals surface area contributed by atoms with Crippen molar-refractivity contribution in [3.05, 3.63) is 76.5 Å². The molecule has 1 aliphatic heterocycles. The lowest BCUT2D eigenvalue weighted by Crippen LogP contribution is -2.49. The maximum atomic E-state index is 13.0. The molecule has 2 aromatic carbocycles. The van der Waals surface area contributed by atoms with Crippen LogP contribution in [0.25, 0.3) is 0 Å². The third kappa shape index (κ3) is 5.75. The monoisotopic (exact) mass is 469 g/mol. The van der Waals surface area contributed by atoms with Crippen molar-refractivity contribution in [1.29, 1.82) is 0 Å². The number of anilines is 1. The van der Waals surface area contributed by atoms with Gasteiger partial charge in [0.15, 0.2) is 5.78 Å². The van der Waals surface area contributed by atoms with Crippen molar-refractivity contribution in [3.8, 4) is 0 Å². The van der Waals surface area contributed by atoms with Crippen molar-refractivity contribution in [2.24, 2.45) is 0 Å². The summed E-state index contributed by atoms with van der Waals surface area (Å²) in [5.74, 6) is 0.639. The predicted molar refractivity (Wildman–Crippen MR) is 127 cm³/mol. The molecule has 0 atom stereocenters. The largest absolute Gasteiger partial charge is 0.368 e. The maximum Gasteiger partial charge on any atom is 0.228 e. The summed E-state index contributed by atoms with van der Waals surface area (Å²) >= 11 is 3.13. The Morgan fingerprint density at radius 2 is 1.72 bits per heavy atom. The molecule has 4 rings (SSSR count). The minimum atomic E-state index is -0.236. The number of aromatic nitrogens is 1. The molecule has 3 aromatic rings. The number of thiazole rings is 1. The first kappa shape index (κ1) is 22.5. The summed E-state index contributed by atoms with van der Waals surface area (Å²) in [6.45, 7) is 4.43. The summed E-state index contributed by atoms with van der Waals surface area (Å²) in [7, 11) is 0. The molecule has 0 N–H and O–H groups in total. The summed E-state index contributed by atoms with van der Waals surface area (Å²) in [5.41, 5.74) is 3.62. The van der Waals surface area contributed by atoms with Crippen molar-refractivity contribution in [3.63, 3.8) is 0 Å².